The topological polar surface area (TPSA) is 162 Å². The lowest BCUT2D eigenvalue weighted by Crippen LogP contribution is -2.48. The van der Waals surface area contributed by atoms with Gasteiger partial charge >= 0.3 is 11.4 Å². The molecule has 1 fully saturated rings. The van der Waals surface area contributed by atoms with Crippen LogP contribution in [0.3, 0.4) is 0 Å². The molecule has 1 N–H and O–H groups in total. The van der Waals surface area contributed by atoms with Crippen molar-refractivity contribution in [2.45, 2.75) is 45.3 Å². The first kappa shape index (κ1) is 25.2. The zero-order valence-corrected chi connectivity index (χ0v) is 17.7. The van der Waals surface area contributed by atoms with E-state index in [4.69, 9.17) is 9.84 Å². The first-order chi connectivity index (χ1) is 13.9. The predicted molar refractivity (Wildman–Crippen MR) is 109 cm³/mol. The van der Waals surface area contributed by atoms with Crippen LogP contribution in [0.1, 0.15) is 33.1 Å². The number of rotatable bonds is 6. The van der Waals surface area contributed by atoms with E-state index in [0.717, 1.165) is 11.8 Å². The Morgan fingerprint density at radius 3 is 1.87 bits per heavy atom. The molecule has 3 unspecified atom stereocenters. The monoisotopic (exact) mass is 428 g/mol. The molecule has 2 rings (SSSR count). The molecule has 0 aromatic heterocycles. The minimum atomic E-state index is -1.21. The highest BCUT2D eigenvalue weighted by atomic mass is 16.6. The Balaban J connectivity index is 0.000000303. The molecule has 0 amide bonds. The largest absolute Gasteiger partial charge is 0.497 e. The number of methoxy groups -OCH3 is 1. The maximum Gasteiger partial charge on any atom is 0.324 e. The van der Waals surface area contributed by atoms with Gasteiger partial charge in [0.25, 0.3) is 11.4 Å². The molecule has 0 heterocycles. The fourth-order valence-electron chi connectivity index (χ4n) is 3.75. The molecule has 168 valence electrons. The van der Waals surface area contributed by atoms with E-state index in [1.165, 1.54) is 19.3 Å². The van der Waals surface area contributed by atoms with Gasteiger partial charge in [-0.15, -0.1) is 0 Å². The molecule has 1 saturated carbocycles. The lowest BCUT2D eigenvalue weighted by atomic mass is 9.76. The molecule has 3 atom stereocenters. The molecule has 1 aromatic carbocycles. The minimum absolute atomic E-state index is 0.429. The molecule has 0 spiro atoms. The van der Waals surface area contributed by atoms with E-state index in [-0.39, 0.29) is 0 Å². The summed E-state index contributed by atoms with van der Waals surface area (Å²) in [4.78, 5) is 30.1. The summed E-state index contributed by atoms with van der Waals surface area (Å²) in [6.45, 7) is 4.63. The fraction of sp³-hybridized carbons (Fsp3) is 0.667. The third kappa shape index (κ3) is 6.07. The van der Waals surface area contributed by atoms with Crippen LogP contribution in [0.5, 0.6) is 5.75 Å². The van der Waals surface area contributed by atoms with Crippen molar-refractivity contribution in [1.29, 1.82) is 0 Å². The van der Waals surface area contributed by atoms with Crippen molar-refractivity contribution in [3.63, 3.8) is 0 Å². The van der Waals surface area contributed by atoms with Crippen LogP contribution in [-0.4, -0.2) is 58.1 Å². The third-order valence-corrected chi connectivity index (χ3v) is 5.29. The Hall–Kier alpha value is -2.86. The lowest BCUT2D eigenvalue weighted by molar-refractivity contribution is -0.404. The highest BCUT2D eigenvalue weighted by Crippen LogP contribution is 2.39. The van der Waals surface area contributed by atoms with Gasteiger partial charge in [-0.25, -0.2) is 0 Å². The van der Waals surface area contributed by atoms with E-state index < -0.39 is 37.6 Å². The van der Waals surface area contributed by atoms with Crippen molar-refractivity contribution in [3.8, 4) is 5.75 Å². The molecule has 1 aromatic rings. The smallest absolute Gasteiger partial charge is 0.324 e. The molecule has 0 radical (unpaired) electrons. The van der Waals surface area contributed by atoms with Crippen LogP contribution < -0.4 is 0 Å². The van der Waals surface area contributed by atoms with Crippen molar-refractivity contribution >= 4 is 17.1 Å². The van der Waals surface area contributed by atoms with Gasteiger partial charge in [-0.1, -0.05) is 20.3 Å². The number of nitro benzene ring substituents is 3. The second-order valence-corrected chi connectivity index (χ2v) is 7.67. The first-order valence-corrected chi connectivity index (χ1v) is 9.41. The van der Waals surface area contributed by atoms with E-state index in [2.05, 4.69) is 32.8 Å². The number of aromatic hydroxyl groups is 1. The van der Waals surface area contributed by atoms with Crippen LogP contribution in [0.4, 0.5) is 17.1 Å². The number of non-ortho nitro benzene ring substituents is 1. The maximum atomic E-state index is 10.4. The van der Waals surface area contributed by atoms with Crippen LogP contribution in [0.2, 0.25) is 0 Å². The number of hydrogen-bond acceptors (Lipinski definition) is 9. The SMILES string of the molecule is COC1C(C(C)C)CCCC1N(C)C.O=[N+]([O-])c1cc([N+](=O)[O-])c(O)c([N+](=O)[O-])c1. The summed E-state index contributed by atoms with van der Waals surface area (Å²) in [6, 6.07) is 1.51. The van der Waals surface area contributed by atoms with Gasteiger partial charge in [-0.05, 0) is 38.8 Å². The number of hydrogen-bond donors (Lipinski definition) is 1. The van der Waals surface area contributed by atoms with E-state index >= 15 is 0 Å². The second-order valence-electron chi connectivity index (χ2n) is 7.67. The van der Waals surface area contributed by atoms with Gasteiger partial charge in [0.05, 0.1) is 33.0 Å². The first-order valence-electron chi connectivity index (χ1n) is 9.41. The summed E-state index contributed by atoms with van der Waals surface area (Å²) in [5.74, 6) is 0.268. The van der Waals surface area contributed by atoms with Crippen LogP contribution in [0, 0.1) is 42.2 Å². The van der Waals surface area contributed by atoms with Crippen LogP contribution in [0.15, 0.2) is 12.1 Å². The van der Waals surface area contributed by atoms with Crippen molar-refractivity contribution in [2.75, 3.05) is 21.2 Å². The van der Waals surface area contributed by atoms with Crippen molar-refractivity contribution in [2.24, 2.45) is 11.8 Å². The van der Waals surface area contributed by atoms with E-state index in [9.17, 15) is 30.3 Å². The Morgan fingerprint density at radius 1 is 1.03 bits per heavy atom. The number of nitrogens with zero attached hydrogens (tertiary/aromatic N) is 4. The third-order valence-electron chi connectivity index (χ3n) is 5.29. The summed E-state index contributed by atoms with van der Waals surface area (Å²) in [7, 11) is 6.20. The Bertz CT molecular complexity index is 732. The number of benzene rings is 1. The van der Waals surface area contributed by atoms with Crippen molar-refractivity contribution in [3.05, 3.63) is 42.5 Å². The van der Waals surface area contributed by atoms with Gasteiger partial charge in [0.2, 0.25) is 0 Å². The van der Waals surface area contributed by atoms with Crippen LogP contribution in [0.25, 0.3) is 0 Å². The van der Waals surface area contributed by atoms with E-state index in [1.807, 2.05) is 7.11 Å². The van der Waals surface area contributed by atoms with Gasteiger partial charge in [0.15, 0.2) is 0 Å². The molecule has 0 bridgehead atoms. The fourth-order valence-corrected chi connectivity index (χ4v) is 3.75. The Labute approximate surface area is 173 Å². The Morgan fingerprint density at radius 2 is 1.53 bits per heavy atom. The number of nitro groups is 3. The van der Waals surface area contributed by atoms with E-state index in [1.54, 1.807) is 0 Å². The molecule has 30 heavy (non-hydrogen) atoms. The number of phenolic OH excluding ortho intramolecular Hbond substituents is 1. The van der Waals surface area contributed by atoms with Crippen LogP contribution >= 0.6 is 0 Å². The Kier molecular flexibility index (Phi) is 9.05. The summed E-state index contributed by atoms with van der Waals surface area (Å²) >= 11 is 0. The number of ether oxygens (including phenoxy) is 1. The highest BCUT2D eigenvalue weighted by Gasteiger charge is 2.36. The van der Waals surface area contributed by atoms with E-state index in [0.29, 0.717) is 24.3 Å². The number of likely N-dealkylation sites (N-methyl/N-ethyl adjacent to an activating group) is 1. The molecule has 0 saturated heterocycles. The molecular weight excluding hydrogens is 400 g/mol. The molecule has 0 aliphatic heterocycles. The van der Waals surface area contributed by atoms with Gasteiger partial charge in [0.1, 0.15) is 0 Å². The standard InChI is InChI=1S/C12H25NO.C6H3N3O7/c1-9(2)10-7-6-8-11(13(3)4)12(10)14-5;10-6-4(8(13)14)1-3(7(11)12)2-5(6)9(15)16/h9-12H,6-8H2,1-5H3;1-2,10H. The van der Waals surface area contributed by atoms with Crippen LogP contribution in [-0.2, 0) is 4.74 Å². The summed E-state index contributed by atoms with van der Waals surface area (Å²) in [5, 5.41) is 40.2. The summed E-state index contributed by atoms with van der Waals surface area (Å²) in [5.41, 5.74) is -3.00. The van der Waals surface area contributed by atoms with Gasteiger partial charge in [-0.3, -0.25) is 30.3 Å². The molecule has 1 aliphatic carbocycles. The average Bonchev–Trinajstić information content (AvgIpc) is 2.66. The summed E-state index contributed by atoms with van der Waals surface area (Å²) in [6.07, 6.45) is 4.40. The quantitative estimate of drug-likeness (QED) is 0.527. The normalized spacial score (nSPS) is 21.1. The van der Waals surface area contributed by atoms with Gasteiger partial charge in [-0.2, -0.15) is 0 Å². The van der Waals surface area contributed by atoms with Gasteiger partial charge in [0, 0.05) is 13.2 Å². The highest BCUT2D eigenvalue weighted by molar-refractivity contribution is 5.64. The van der Waals surface area contributed by atoms with Crippen molar-refractivity contribution in [1.82, 2.24) is 4.90 Å². The molecular formula is C18H28N4O8. The average molecular weight is 428 g/mol. The minimum Gasteiger partial charge on any atom is -0.497 e. The zero-order chi connectivity index (χ0) is 23.2. The van der Waals surface area contributed by atoms with Crippen molar-refractivity contribution < 1.29 is 24.6 Å². The second kappa shape index (κ2) is 10.8. The molecule has 1 aliphatic rings. The molecule has 12 heteroatoms. The summed E-state index contributed by atoms with van der Waals surface area (Å²) < 4.78 is 5.70. The maximum absolute atomic E-state index is 10.4. The molecule has 12 nitrogen and oxygen atoms in total. The zero-order valence-electron chi connectivity index (χ0n) is 17.7. The lowest BCUT2D eigenvalue weighted by Gasteiger charge is -2.42. The predicted octanol–water partition coefficient (Wildman–Crippen LogP) is 3.50. The number of phenols is 1. The van der Waals surface area contributed by atoms with Gasteiger partial charge < -0.3 is 14.7 Å².